The van der Waals surface area contributed by atoms with Crippen LogP contribution in [0.2, 0.25) is 0 Å². The van der Waals surface area contributed by atoms with E-state index in [4.69, 9.17) is 5.14 Å². The number of rotatable bonds is 15. The third kappa shape index (κ3) is 11.8. The molecule has 0 aliphatic heterocycles. The first-order valence-corrected chi connectivity index (χ1v) is 13.6. The topological polar surface area (TPSA) is 179 Å². The Morgan fingerprint density at radius 1 is 0.919 bits per heavy atom. The number of benzene rings is 2. The molecule has 37 heavy (non-hydrogen) atoms. The minimum Gasteiger partial charge on any atom is -0.480 e. The number of anilines is 1. The van der Waals surface area contributed by atoms with Crippen molar-refractivity contribution in [2.24, 2.45) is 5.14 Å². The molecule has 0 aliphatic rings. The van der Waals surface area contributed by atoms with E-state index in [9.17, 15) is 32.7 Å². The Labute approximate surface area is 228 Å². The van der Waals surface area contributed by atoms with Gasteiger partial charge in [-0.1, -0.05) is 12.1 Å². The van der Waals surface area contributed by atoms with Gasteiger partial charge in [0.2, 0.25) is 21.8 Å². The molecule has 0 aliphatic carbocycles. The van der Waals surface area contributed by atoms with E-state index in [0.29, 0.717) is 17.5 Å². The van der Waals surface area contributed by atoms with Crippen molar-refractivity contribution in [3.63, 3.8) is 0 Å². The highest BCUT2D eigenvalue weighted by Gasteiger charge is 2.17. The fraction of sp³-hybridized carbons (Fsp3) is 0.304. The van der Waals surface area contributed by atoms with Crippen LogP contribution in [0.3, 0.4) is 0 Å². The highest BCUT2D eigenvalue weighted by molar-refractivity contribution is 14.1. The number of carboxylic acid groups (broad SMARTS) is 1. The molecule has 200 valence electrons. The molecule has 5 N–H and O–H groups in total. The third-order valence-corrected chi connectivity index (χ3v) is 6.68. The number of carbonyl (C=O) groups is 4. The molecule has 0 saturated carbocycles. The van der Waals surface area contributed by atoms with Gasteiger partial charge in [-0.3, -0.25) is 24.2 Å². The van der Waals surface area contributed by atoms with Crippen molar-refractivity contribution in [2.45, 2.75) is 11.4 Å². The average molecular weight is 645 g/mol. The highest BCUT2D eigenvalue weighted by Crippen LogP contribution is 2.11. The zero-order valence-electron chi connectivity index (χ0n) is 19.8. The summed E-state index contributed by atoms with van der Waals surface area (Å²) in [5.41, 5.74) is 1.23. The highest BCUT2D eigenvalue weighted by atomic mass is 127. The number of nitrogens with zero attached hydrogens (tertiary/aromatic N) is 2. The smallest absolute Gasteiger partial charge is 0.317 e. The fourth-order valence-corrected chi connectivity index (χ4v) is 4.10. The summed E-state index contributed by atoms with van der Waals surface area (Å²) < 4.78 is 23.7. The van der Waals surface area contributed by atoms with Crippen LogP contribution in [0.25, 0.3) is 0 Å². The molecule has 0 atom stereocenters. The van der Waals surface area contributed by atoms with Gasteiger partial charge in [-0.25, -0.2) is 13.6 Å². The van der Waals surface area contributed by atoms with Crippen LogP contribution in [0, 0.1) is 3.57 Å². The van der Waals surface area contributed by atoms with E-state index in [2.05, 4.69) is 33.2 Å². The largest absolute Gasteiger partial charge is 0.480 e. The van der Waals surface area contributed by atoms with Crippen molar-refractivity contribution >= 4 is 62.4 Å². The predicted molar refractivity (Wildman–Crippen MR) is 144 cm³/mol. The molecule has 12 nitrogen and oxygen atoms in total. The molecule has 0 radical (unpaired) electrons. The summed E-state index contributed by atoms with van der Waals surface area (Å²) in [6, 6.07) is 12.8. The zero-order chi connectivity index (χ0) is 27.4. The van der Waals surface area contributed by atoms with Gasteiger partial charge in [-0.05, 0) is 64.6 Å². The normalized spacial score (nSPS) is 11.4. The monoisotopic (exact) mass is 645 g/mol. The van der Waals surface area contributed by atoms with Gasteiger partial charge in [-0.2, -0.15) is 0 Å². The van der Waals surface area contributed by atoms with E-state index < -0.39 is 34.4 Å². The van der Waals surface area contributed by atoms with Crippen LogP contribution in [-0.4, -0.2) is 86.7 Å². The average Bonchev–Trinajstić information content (AvgIpc) is 2.82. The fourth-order valence-electron chi connectivity index (χ4n) is 3.22. The third-order valence-electron chi connectivity index (χ3n) is 5.03. The zero-order valence-corrected chi connectivity index (χ0v) is 22.8. The van der Waals surface area contributed by atoms with Crippen LogP contribution in [0.5, 0.6) is 0 Å². The summed E-state index contributed by atoms with van der Waals surface area (Å²) in [5.74, 6) is -1.90. The van der Waals surface area contributed by atoms with Gasteiger partial charge < -0.3 is 20.5 Å². The first-order valence-electron chi connectivity index (χ1n) is 11.0. The second-order valence-electron chi connectivity index (χ2n) is 8.03. The van der Waals surface area contributed by atoms with Gasteiger partial charge in [0.15, 0.2) is 0 Å². The van der Waals surface area contributed by atoms with Crippen molar-refractivity contribution < 1.29 is 32.7 Å². The second kappa shape index (κ2) is 14.7. The van der Waals surface area contributed by atoms with Crippen molar-refractivity contribution in [3.8, 4) is 0 Å². The number of aldehydes is 1. The summed E-state index contributed by atoms with van der Waals surface area (Å²) in [4.78, 5) is 50.1. The number of primary sulfonamides is 1. The maximum atomic E-state index is 12.4. The summed E-state index contributed by atoms with van der Waals surface area (Å²) >= 11 is 2.14. The molecular weight excluding hydrogens is 617 g/mol. The Balaban J connectivity index is 1.89. The first kappa shape index (κ1) is 30.3. The quantitative estimate of drug-likeness (QED) is 0.154. The lowest BCUT2D eigenvalue weighted by molar-refractivity contribution is -0.138. The van der Waals surface area contributed by atoms with Crippen molar-refractivity contribution in [1.82, 2.24) is 15.1 Å². The molecular formula is C23H28IN5O7S. The number of sulfonamides is 1. The Morgan fingerprint density at radius 2 is 1.51 bits per heavy atom. The Kier molecular flexibility index (Phi) is 12.1. The van der Waals surface area contributed by atoms with Crippen molar-refractivity contribution in [3.05, 3.63) is 57.7 Å². The van der Waals surface area contributed by atoms with Gasteiger partial charge in [0.25, 0.3) is 0 Å². The number of nitrogens with two attached hydrogens (primary N) is 1. The second-order valence-corrected chi connectivity index (χ2v) is 10.8. The van der Waals surface area contributed by atoms with Gasteiger partial charge in [0.1, 0.15) is 6.29 Å². The van der Waals surface area contributed by atoms with Crippen LogP contribution < -0.4 is 15.8 Å². The maximum Gasteiger partial charge on any atom is 0.317 e. The lowest BCUT2D eigenvalue weighted by Crippen LogP contribution is -2.44. The van der Waals surface area contributed by atoms with Gasteiger partial charge >= 0.3 is 5.97 Å². The molecule has 0 bridgehead atoms. The van der Waals surface area contributed by atoms with Crippen molar-refractivity contribution in [1.29, 1.82) is 0 Å². The van der Waals surface area contributed by atoms with Gasteiger partial charge in [-0.15, -0.1) is 0 Å². The van der Waals surface area contributed by atoms with E-state index in [1.54, 1.807) is 12.1 Å². The lowest BCUT2D eigenvalue weighted by atomic mass is 10.2. The number of halogens is 1. The number of nitrogens with one attached hydrogen (secondary N) is 2. The minimum atomic E-state index is -3.81. The number of hydrogen-bond acceptors (Lipinski definition) is 8. The predicted octanol–water partition coefficient (Wildman–Crippen LogP) is 0.0810. The minimum absolute atomic E-state index is 0.0436. The van der Waals surface area contributed by atoms with E-state index in [1.165, 1.54) is 34.1 Å². The summed E-state index contributed by atoms with van der Waals surface area (Å²) in [7, 11) is -3.81. The van der Waals surface area contributed by atoms with Crippen LogP contribution in [-0.2, 0) is 35.7 Å². The first-order chi connectivity index (χ1) is 17.5. The van der Waals surface area contributed by atoms with Crippen LogP contribution >= 0.6 is 22.6 Å². The maximum absolute atomic E-state index is 12.4. The molecule has 2 amide bonds. The van der Waals surface area contributed by atoms with Crippen LogP contribution in [0.1, 0.15) is 5.56 Å². The number of amides is 2. The molecule has 2 rings (SSSR count). The molecule has 0 aromatic heterocycles. The van der Waals surface area contributed by atoms with E-state index in [0.717, 1.165) is 3.57 Å². The van der Waals surface area contributed by atoms with E-state index in [-0.39, 0.29) is 44.2 Å². The van der Waals surface area contributed by atoms with E-state index >= 15 is 0 Å². The Bertz CT molecular complexity index is 1190. The summed E-state index contributed by atoms with van der Waals surface area (Å²) in [5, 5.41) is 19.7. The van der Waals surface area contributed by atoms with Crippen LogP contribution in [0.4, 0.5) is 5.69 Å². The summed E-state index contributed by atoms with van der Waals surface area (Å²) in [6.45, 7) is -0.357. The number of carbonyl (C=O) groups excluding carboxylic acids is 3. The molecule has 2 aromatic carbocycles. The Morgan fingerprint density at radius 3 is 2.08 bits per heavy atom. The SMILES string of the molecule is NS(=O)(=O)c1ccc(CNC(=O)CN(CC=O)CCN(CC(=O)O)CC(=O)Nc2ccc(I)cc2)cc1. The van der Waals surface area contributed by atoms with Gasteiger partial charge in [0, 0.05) is 28.9 Å². The number of aliphatic carboxylic acids is 1. The van der Waals surface area contributed by atoms with Crippen molar-refractivity contribution in [2.75, 3.05) is 44.6 Å². The molecule has 0 spiro atoms. The number of carboxylic acids is 1. The molecule has 0 saturated heterocycles. The standard InChI is InChI=1S/C23H28IN5O7S/c24-18-3-5-19(6-4-18)27-22(32)15-29(16-23(33)34)10-9-28(11-12-30)14-21(31)26-13-17-1-7-20(8-2-17)37(25,35)36/h1-8,12H,9-11,13-16H2,(H,26,31)(H,27,32)(H,33,34)(H2,25,35,36). The molecule has 0 heterocycles. The molecule has 0 unspecified atom stereocenters. The van der Waals surface area contributed by atoms with E-state index in [1.807, 2.05) is 12.1 Å². The van der Waals surface area contributed by atoms with Crippen LogP contribution in [0.15, 0.2) is 53.4 Å². The molecule has 2 aromatic rings. The molecule has 0 fully saturated rings. The Hall–Kier alpha value is -2.92. The lowest BCUT2D eigenvalue weighted by Gasteiger charge is -2.25. The van der Waals surface area contributed by atoms with Gasteiger partial charge in [0.05, 0.1) is 31.1 Å². The summed E-state index contributed by atoms with van der Waals surface area (Å²) in [6.07, 6.45) is 0.629. The number of hydrogen-bond donors (Lipinski definition) is 4. The molecule has 14 heteroatoms.